The van der Waals surface area contributed by atoms with E-state index < -0.39 is 29.1 Å². The first-order valence-electron chi connectivity index (χ1n) is 14.3. The molecular weight excluding hydrogens is 579 g/mol. The summed E-state index contributed by atoms with van der Waals surface area (Å²) in [7, 11) is 1.48. The summed E-state index contributed by atoms with van der Waals surface area (Å²) in [5.74, 6) is -1.22. The Bertz CT molecular complexity index is 1730. The van der Waals surface area contributed by atoms with Crippen molar-refractivity contribution in [2.24, 2.45) is 5.41 Å². The number of aliphatic carboxylic acids is 1. The summed E-state index contributed by atoms with van der Waals surface area (Å²) < 4.78 is 22.4. The van der Waals surface area contributed by atoms with Gasteiger partial charge in [-0.2, -0.15) is 5.10 Å². The molecule has 2 heterocycles. The number of hydrogen-bond acceptors (Lipinski definition) is 6. The highest BCUT2D eigenvalue weighted by atomic mass is 19.1. The molecule has 0 aliphatic heterocycles. The van der Waals surface area contributed by atoms with E-state index >= 15 is 4.39 Å². The van der Waals surface area contributed by atoms with Gasteiger partial charge in [-0.25, -0.2) is 13.9 Å². The zero-order valence-electron chi connectivity index (χ0n) is 26.1. The van der Waals surface area contributed by atoms with Crippen LogP contribution in [-0.4, -0.2) is 44.8 Å². The van der Waals surface area contributed by atoms with E-state index in [1.807, 2.05) is 58.9 Å². The smallest absolute Gasteiger partial charge is 0.324 e. The second-order valence-electron chi connectivity index (χ2n) is 12.4. The number of urea groups is 1. The molecule has 4 rings (SSSR count). The van der Waals surface area contributed by atoms with Gasteiger partial charge in [0.2, 0.25) is 0 Å². The van der Waals surface area contributed by atoms with E-state index in [2.05, 4.69) is 20.9 Å². The molecule has 2 aromatic heterocycles. The third-order valence-electron chi connectivity index (χ3n) is 6.85. The van der Waals surface area contributed by atoms with Gasteiger partial charge in [0.1, 0.15) is 28.8 Å². The predicted molar refractivity (Wildman–Crippen MR) is 169 cm³/mol. The molecule has 11 nitrogen and oxygen atoms in total. The minimum absolute atomic E-state index is 0.0177. The van der Waals surface area contributed by atoms with E-state index in [-0.39, 0.29) is 34.7 Å². The second kappa shape index (κ2) is 13.2. The third-order valence-corrected chi connectivity index (χ3v) is 6.85. The zero-order chi connectivity index (χ0) is 32.9. The molecule has 4 aromatic rings. The van der Waals surface area contributed by atoms with Gasteiger partial charge in [0.15, 0.2) is 0 Å². The van der Waals surface area contributed by atoms with Gasteiger partial charge in [-0.15, -0.1) is 0 Å². The number of aromatic nitrogens is 3. The van der Waals surface area contributed by atoms with Gasteiger partial charge in [-0.05, 0) is 41.7 Å². The molecule has 4 N–H and O–H groups in total. The molecule has 236 valence electrons. The highest BCUT2D eigenvalue weighted by Crippen LogP contribution is 2.32. The molecular formula is C33H37FN6O5. The lowest BCUT2D eigenvalue weighted by atomic mass is 9.82. The average molecular weight is 617 g/mol. The molecule has 12 heteroatoms. The number of carboxylic acid groups (broad SMARTS) is 1. The molecule has 45 heavy (non-hydrogen) atoms. The molecule has 0 bridgehead atoms. The first kappa shape index (κ1) is 32.6. The molecule has 0 atom stereocenters. The maximum absolute atomic E-state index is 15.1. The van der Waals surface area contributed by atoms with E-state index in [4.69, 9.17) is 9.84 Å². The highest BCUT2D eigenvalue weighted by Gasteiger charge is 2.26. The minimum Gasteiger partial charge on any atom is -0.481 e. The van der Waals surface area contributed by atoms with Gasteiger partial charge in [-0.3, -0.25) is 19.9 Å². The van der Waals surface area contributed by atoms with Gasteiger partial charge in [0.05, 0.1) is 23.5 Å². The van der Waals surface area contributed by atoms with Crippen LogP contribution in [0.4, 0.5) is 20.7 Å². The van der Waals surface area contributed by atoms with E-state index in [1.54, 1.807) is 10.7 Å². The van der Waals surface area contributed by atoms with Crippen molar-refractivity contribution in [3.05, 3.63) is 89.6 Å². The van der Waals surface area contributed by atoms with Crippen LogP contribution in [0.15, 0.2) is 66.9 Å². The van der Waals surface area contributed by atoms with Crippen molar-refractivity contribution in [1.29, 1.82) is 0 Å². The van der Waals surface area contributed by atoms with Crippen molar-refractivity contribution in [3.8, 4) is 17.2 Å². The Balaban J connectivity index is 1.56. The summed E-state index contributed by atoms with van der Waals surface area (Å²) in [4.78, 5) is 40.4. The first-order chi connectivity index (χ1) is 21.1. The van der Waals surface area contributed by atoms with Gasteiger partial charge in [-0.1, -0.05) is 52.8 Å². The Kier molecular flexibility index (Phi) is 9.55. The number of anilines is 2. The molecule has 0 aliphatic carbocycles. The zero-order valence-corrected chi connectivity index (χ0v) is 26.1. The van der Waals surface area contributed by atoms with Crippen LogP contribution in [0.1, 0.15) is 62.8 Å². The van der Waals surface area contributed by atoms with E-state index in [1.165, 1.54) is 37.5 Å². The number of rotatable bonds is 10. The van der Waals surface area contributed by atoms with Crippen molar-refractivity contribution in [2.75, 3.05) is 17.7 Å². The number of carbonyl (C=O) groups is 3. The standard InChI is InChI=1S/C33H37FN6O5/c1-32(2,3)27-17-28(40(39-27)26-10-8-7-9-20(26)18-33(4,5)19-29(41)42)38-31(44)37-24-12-11-21(15-23(24)34)45-22-13-14-36-25(16-22)30(43)35-6/h7-17H,18-19H2,1-6H3,(H,35,43)(H,41,42)(H2,37,38,44). The Labute approximate surface area is 260 Å². The van der Waals surface area contributed by atoms with Gasteiger partial charge >= 0.3 is 12.0 Å². The summed E-state index contributed by atoms with van der Waals surface area (Å²) >= 11 is 0. The summed E-state index contributed by atoms with van der Waals surface area (Å²) in [5, 5.41) is 22.0. The number of hydrogen-bond donors (Lipinski definition) is 4. The Hall–Kier alpha value is -5.26. The number of ether oxygens (including phenoxy) is 1. The van der Waals surface area contributed by atoms with Crippen LogP contribution in [0.25, 0.3) is 5.69 Å². The van der Waals surface area contributed by atoms with Gasteiger partial charge in [0.25, 0.3) is 5.91 Å². The highest BCUT2D eigenvalue weighted by molar-refractivity contribution is 5.99. The van der Waals surface area contributed by atoms with E-state index in [9.17, 15) is 19.5 Å². The fourth-order valence-electron chi connectivity index (χ4n) is 4.67. The number of carbonyl (C=O) groups excluding carboxylic acids is 2. The Morgan fingerprint density at radius 3 is 2.33 bits per heavy atom. The molecule has 0 aliphatic rings. The van der Waals surface area contributed by atoms with Crippen LogP contribution in [0, 0.1) is 11.2 Å². The quantitative estimate of drug-likeness (QED) is 0.158. The van der Waals surface area contributed by atoms with E-state index in [0.717, 1.165) is 11.6 Å². The summed E-state index contributed by atoms with van der Waals surface area (Å²) in [6.07, 6.45) is 1.84. The molecule has 2 aromatic carbocycles. The number of halogens is 1. The largest absolute Gasteiger partial charge is 0.481 e. The molecule has 0 spiro atoms. The molecule has 3 amide bonds. The van der Waals surface area contributed by atoms with Gasteiger partial charge < -0.3 is 20.5 Å². The number of para-hydroxylation sites is 1. The van der Waals surface area contributed by atoms with Gasteiger partial charge in [0, 0.05) is 36.9 Å². The van der Waals surface area contributed by atoms with Crippen LogP contribution < -0.4 is 20.7 Å². The van der Waals surface area contributed by atoms with Crippen molar-refractivity contribution >= 4 is 29.4 Å². The van der Waals surface area contributed by atoms with E-state index in [0.29, 0.717) is 23.6 Å². The number of pyridine rings is 1. The molecule has 0 saturated heterocycles. The second-order valence-corrected chi connectivity index (χ2v) is 12.4. The first-order valence-corrected chi connectivity index (χ1v) is 14.3. The third kappa shape index (κ3) is 8.43. The fourth-order valence-corrected chi connectivity index (χ4v) is 4.67. The lowest BCUT2D eigenvalue weighted by Gasteiger charge is -2.24. The average Bonchev–Trinajstić information content (AvgIpc) is 3.37. The minimum atomic E-state index is -0.884. The van der Waals surface area contributed by atoms with Crippen molar-refractivity contribution in [1.82, 2.24) is 20.1 Å². The van der Waals surface area contributed by atoms with Crippen LogP contribution in [0.5, 0.6) is 11.5 Å². The fraction of sp³-hybridized carbons (Fsp3) is 0.303. The molecule has 0 fully saturated rings. The van der Waals surface area contributed by atoms with Crippen molar-refractivity contribution < 1.29 is 28.6 Å². The maximum Gasteiger partial charge on any atom is 0.324 e. The molecule has 0 saturated carbocycles. The number of nitrogens with zero attached hydrogens (tertiary/aromatic N) is 3. The topological polar surface area (TPSA) is 147 Å². The summed E-state index contributed by atoms with van der Waals surface area (Å²) in [6, 6.07) is 15.5. The number of amides is 3. The SMILES string of the molecule is CNC(=O)c1cc(Oc2ccc(NC(=O)Nc3cc(C(C)(C)C)nn3-c3ccccc3CC(C)(C)CC(=O)O)c(F)c2)ccn1. The number of benzene rings is 2. The molecule has 0 unspecified atom stereocenters. The monoisotopic (exact) mass is 616 g/mol. The Morgan fingerprint density at radius 2 is 1.67 bits per heavy atom. The van der Waals surface area contributed by atoms with Crippen molar-refractivity contribution in [3.63, 3.8) is 0 Å². The molecule has 0 radical (unpaired) electrons. The lowest BCUT2D eigenvalue weighted by molar-refractivity contribution is -0.139. The number of carboxylic acids is 1. The van der Waals surface area contributed by atoms with Crippen LogP contribution in [0.2, 0.25) is 0 Å². The maximum atomic E-state index is 15.1. The normalized spacial score (nSPS) is 11.5. The van der Waals surface area contributed by atoms with Crippen LogP contribution in [-0.2, 0) is 16.6 Å². The summed E-state index contributed by atoms with van der Waals surface area (Å²) in [6.45, 7) is 9.76. The van der Waals surface area contributed by atoms with Crippen molar-refractivity contribution in [2.45, 2.75) is 52.9 Å². The van der Waals surface area contributed by atoms with Crippen LogP contribution in [0.3, 0.4) is 0 Å². The summed E-state index contributed by atoms with van der Waals surface area (Å²) in [5.41, 5.74) is 1.42. The number of nitrogens with one attached hydrogen (secondary N) is 3. The predicted octanol–water partition coefficient (Wildman–Crippen LogP) is 6.54. The lowest BCUT2D eigenvalue weighted by Crippen LogP contribution is -2.23. The van der Waals surface area contributed by atoms with Crippen LogP contribution >= 0.6 is 0 Å². The Morgan fingerprint density at radius 1 is 0.956 bits per heavy atom.